The van der Waals surface area contributed by atoms with Crippen LogP contribution in [0.25, 0.3) is 0 Å². The zero-order chi connectivity index (χ0) is 16.6. The molecule has 0 atom stereocenters. The van der Waals surface area contributed by atoms with E-state index in [1.54, 1.807) is 7.11 Å². The summed E-state index contributed by atoms with van der Waals surface area (Å²) in [4.78, 5) is 14.7. The van der Waals surface area contributed by atoms with Crippen molar-refractivity contribution < 1.29 is 9.53 Å². The van der Waals surface area contributed by atoms with Crippen molar-refractivity contribution in [3.63, 3.8) is 0 Å². The average molecular weight is 313 g/mol. The fraction of sp³-hybridized carbons (Fsp3) is 0.444. The lowest BCUT2D eigenvalue weighted by atomic mass is 10.0. The highest BCUT2D eigenvalue weighted by atomic mass is 16.5. The molecule has 3 rings (SSSR count). The molecule has 0 bridgehead atoms. The Morgan fingerprint density at radius 3 is 2.70 bits per heavy atom. The van der Waals surface area contributed by atoms with Crippen molar-refractivity contribution in [2.45, 2.75) is 39.3 Å². The SMILES string of the molecule is COc1ccccc1C(=O)N1CCc2c(cnn2C(C)(C)C)C1. The van der Waals surface area contributed by atoms with E-state index in [9.17, 15) is 4.79 Å². The topological polar surface area (TPSA) is 47.4 Å². The molecule has 1 aromatic heterocycles. The van der Waals surface area contributed by atoms with E-state index in [4.69, 9.17) is 4.74 Å². The standard InChI is InChI=1S/C18H23N3O2/c1-18(2,3)21-15-9-10-20(12-13(15)11-19-21)17(22)14-7-5-6-8-16(14)23-4/h5-8,11H,9-10,12H2,1-4H3. The number of benzene rings is 1. The number of nitrogens with zero attached hydrogens (tertiary/aromatic N) is 3. The number of amides is 1. The summed E-state index contributed by atoms with van der Waals surface area (Å²) in [6.45, 7) is 7.74. The number of methoxy groups -OCH3 is 1. The van der Waals surface area contributed by atoms with E-state index in [1.807, 2.05) is 35.4 Å². The number of hydrogen-bond donors (Lipinski definition) is 0. The smallest absolute Gasteiger partial charge is 0.257 e. The lowest BCUT2D eigenvalue weighted by molar-refractivity contribution is 0.0729. The first-order chi connectivity index (χ1) is 10.9. The van der Waals surface area contributed by atoms with Crippen LogP contribution >= 0.6 is 0 Å². The second kappa shape index (κ2) is 5.72. The van der Waals surface area contributed by atoms with E-state index in [2.05, 4.69) is 30.6 Å². The van der Waals surface area contributed by atoms with Gasteiger partial charge in [-0.05, 0) is 32.9 Å². The monoisotopic (exact) mass is 313 g/mol. The van der Waals surface area contributed by atoms with Crippen molar-refractivity contribution in [3.8, 4) is 5.75 Å². The first-order valence-electron chi connectivity index (χ1n) is 7.90. The molecular formula is C18H23N3O2. The molecule has 0 fully saturated rings. The van der Waals surface area contributed by atoms with Crippen molar-refractivity contribution in [3.05, 3.63) is 47.3 Å². The van der Waals surface area contributed by atoms with Gasteiger partial charge in [0.25, 0.3) is 5.91 Å². The molecule has 0 spiro atoms. The molecule has 2 heterocycles. The van der Waals surface area contributed by atoms with E-state index in [-0.39, 0.29) is 11.4 Å². The zero-order valence-corrected chi connectivity index (χ0v) is 14.2. The second-order valence-corrected chi connectivity index (χ2v) is 6.88. The third-order valence-corrected chi connectivity index (χ3v) is 4.20. The van der Waals surface area contributed by atoms with Crippen LogP contribution in [0, 0.1) is 0 Å². The van der Waals surface area contributed by atoms with E-state index in [0.29, 0.717) is 24.4 Å². The number of carbonyl (C=O) groups excluding carboxylic acids is 1. The number of hydrogen-bond acceptors (Lipinski definition) is 3. The summed E-state index contributed by atoms with van der Waals surface area (Å²) in [6.07, 6.45) is 2.72. The van der Waals surface area contributed by atoms with Crippen molar-refractivity contribution in [2.75, 3.05) is 13.7 Å². The van der Waals surface area contributed by atoms with Gasteiger partial charge in [0.05, 0.1) is 24.4 Å². The van der Waals surface area contributed by atoms with Crippen LogP contribution in [-0.2, 0) is 18.5 Å². The Morgan fingerprint density at radius 1 is 1.26 bits per heavy atom. The Bertz CT molecular complexity index is 728. The molecule has 0 N–H and O–H groups in total. The molecule has 1 amide bonds. The quantitative estimate of drug-likeness (QED) is 0.856. The maximum atomic E-state index is 12.8. The number of rotatable bonds is 2. The van der Waals surface area contributed by atoms with Gasteiger partial charge in [0.15, 0.2) is 0 Å². The zero-order valence-electron chi connectivity index (χ0n) is 14.2. The maximum absolute atomic E-state index is 12.8. The molecule has 122 valence electrons. The van der Waals surface area contributed by atoms with E-state index in [1.165, 1.54) is 5.69 Å². The molecule has 5 heteroatoms. The molecular weight excluding hydrogens is 290 g/mol. The summed E-state index contributed by atoms with van der Waals surface area (Å²) in [5.74, 6) is 0.630. The Labute approximate surface area is 136 Å². The van der Waals surface area contributed by atoms with Crippen molar-refractivity contribution >= 4 is 5.91 Å². The lowest BCUT2D eigenvalue weighted by Crippen LogP contribution is -2.37. The van der Waals surface area contributed by atoms with Gasteiger partial charge in [-0.1, -0.05) is 12.1 Å². The number of fused-ring (bicyclic) bond motifs is 1. The van der Waals surface area contributed by atoms with Gasteiger partial charge in [0.2, 0.25) is 0 Å². The number of aromatic nitrogens is 2. The first-order valence-corrected chi connectivity index (χ1v) is 7.90. The van der Waals surface area contributed by atoms with Gasteiger partial charge in [0, 0.05) is 30.8 Å². The summed E-state index contributed by atoms with van der Waals surface area (Å²) in [6, 6.07) is 7.37. The normalized spacial score (nSPS) is 14.5. The molecule has 2 aromatic rings. The minimum Gasteiger partial charge on any atom is -0.496 e. The summed E-state index contributed by atoms with van der Waals surface area (Å²) < 4.78 is 7.39. The summed E-state index contributed by atoms with van der Waals surface area (Å²) in [5, 5.41) is 4.52. The highest BCUT2D eigenvalue weighted by Gasteiger charge is 2.28. The third-order valence-electron chi connectivity index (χ3n) is 4.20. The fourth-order valence-corrected chi connectivity index (χ4v) is 3.07. The van der Waals surface area contributed by atoms with Gasteiger partial charge in [0.1, 0.15) is 5.75 Å². The van der Waals surface area contributed by atoms with Crippen molar-refractivity contribution in [1.82, 2.24) is 14.7 Å². The van der Waals surface area contributed by atoms with Crippen LogP contribution in [0.2, 0.25) is 0 Å². The van der Waals surface area contributed by atoms with Gasteiger partial charge in [-0.25, -0.2) is 0 Å². The van der Waals surface area contributed by atoms with Crippen LogP contribution < -0.4 is 4.74 Å². The molecule has 23 heavy (non-hydrogen) atoms. The molecule has 1 aliphatic rings. The van der Waals surface area contributed by atoms with Crippen molar-refractivity contribution in [1.29, 1.82) is 0 Å². The predicted octanol–water partition coefficient (Wildman–Crippen LogP) is 2.85. The van der Waals surface area contributed by atoms with E-state index >= 15 is 0 Å². The Morgan fingerprint density at radius 2 is 2.00 bits per heavy atom. The highest BCUT2D eigenvalue weighted by Crippen LogP contribution is 2.27. The minimum atomic E-state index is -0.0393. The average Bonchev–Trinajstić information content (AvgIpc) is 2.97. The number of ether oxygens (including phenoxy) is 1. The van der Waals surface area contributed by atoms with Crippen LogP contribution in [0.3, 0.4) is 0 Å². The Hall–Kier alpha value is -2.30. The molecule has 0 saturated carbocycles. The number of para-hydroxylation sites is 1. The predicted molar refractivity (Wildman–Crippen MR) is 88.7 cm³/mol. The summed E-state index contributed by atoms with van der Waals surface area (Å²) in [7, 11) is 1.59. The minimum absolute atomic E-state index is 0.0107. The molecule has 1 aliphatic heterocycles. The van der Waals surface area contributed by atoms with Gasteiger partial charge in [-0.2, -0.15) is 5.10 Å². The molecule has 0 unspecified atom stereocenters. The molecule has 1 aromatic carbocycles. The van der Waals surface area contributed by atoms with Gasteiger partial charge < -0.3 is 9.64 Å². The molecule has 0 saturated heterocycles. The lowest BCUT2D eigenvalue weighted by Gasteiger charge is -2.30. The summed E-state index contributed by atoms with van der Waals surface area (Å²) in [5.41, 5.74) is 2.94. The van der Waals surface area contributed by atoms with Crippen LogP contribution in [0.15, 0.2) is 30.5 Å². The number of carbonyl (C=O) groups is 1. The molecule has 0 aliphatic carbocycles. The van der Waals surface area contributed by atoms with Gasteiger partial charge in [-0.3, -0.25) is 9.48 Å². The summed E-state index contributed by atoms with van der Waals surface area (Å²) >= 11 is 0. The Kier molecular flexibility index (Phi) is 3.88. The van der Waals surface area contributed by atoms with Crippen LogP contribution in [0.5, 0.6) is 5.75 Å². The van der Waals surface area contributed by atoms with E-state index < -0.39 is 0 Å². The van der Waals surface area contributed by atoms with E-state index in [0.717, 1.165) is 12.0 Å². The van der Waals surface area contributed by atoms with Crippen LogP contribution in [0.1, 0.15) is 42.4 Å². The largest absolute Gasteiger partial charge is 0.496 e. The molecule has 0 radical (unpaired) electrons. The Balaban J connectivity index is 1.85. The molecule has 5 nitrogen and oxygen atoms in total. The van der Waals surface area contributed by atoms with Crippen LogP contribution in [0.4, 0.5) is 0 Å². The van der Waals surface area contributed by atoms with Gasteiger partial charge in [-0.15, -0.1) is 0 Å². The van der Waals surface area contributed by atoms with Crippen LogP contribution in [-0.4, -0.2) is 34.2 Å². The fourth-order valence-electron chi connectivity index (χ4n) is 3.07. The maximum Gasteiger partial charge on any atom is 0.257 e. The second-order valence-electron chi connectivity index (χ2n) is 6.88. The highest BCUT2D eigenvalue weighted by molar-refractivity contribution is 5.97. The first kappa shape index (κ1) is 15.6. The van der Waals surface area contributed by atoms with Crippen molar-refractivity contribution in [2.24, 2.45) is 0 Å². The third kappa shape index (κ3) is 2.83. The van der Waals surface area contributed by atoms with Gasteiger partial charge >= 0.3 is 0 Å².